The maximum absolute atomic E-state index is 12.0. The Morgan fingerprint density at radius 2 is 1.90 bits per heavy atom. The molecule has 4 heteroatoms. The summed E-state index contributed by atoms with van der Waals surface area (Å²) in [6.45, 7) is 1.13. The van der Waals surface area contributed by atoms with Crippen molar-refractivity contribution in [1.29, 1.82) is 0 Å². The summed E-state index contributed by atoms with van der Waals surface area (Å²) in [6.07, 6.45) is 1.75. The van der Waals surface area contributed by atoms with Crippen LogP contribution in [0, 0.1) is 0 Å². The summed E-state index contributed by atoms with van der Waals surface area (Å²) in [5.74, 6) is 0.388. The smallest absolute Gasteiger partial charge is 0.223 e. The normalized spacial score (nSPS) is 10.8. The zero-order valence-corrected chi connectivity index (χ0v) is 12.2. The van der Waals surface area contributed by atoms with Gasteiger partial charge in [-0.15, -0.1) is 0 Å². The van der Waals surface area contributed by atoms with Gasteiger partial charge in [-0.25, -0.2) is 0 Å². The van der Waals surface area contributed by atoms with E-state index in [2.05, 4.69) is 0 Å². The standard InChI is InChI=1S/C16H20N2O2/c1-17(2)10-14-9-15(19)16(11-18(14)3)20-12-13-7-5-4-6-8-13/h4-9,11H,10,12H2,1-3H3. The molecule has 20 heavy (non-hydrogen) atoms. The van der Waals surface area contributed by atoms with E-state index in [0.717, 1.165) is 17.8 Å². The van der Waals surface area contributed by atoms with Gasteiger partial charge in [-0.1, -0.05) is 30.3 Å². The van der Waals surface area contributed by atoms with Crippen LogP contribution in [0.15, 0.2) is 47.4 Å². The third-order valence-electron chi connectivity index (χ3n) is 3.02. The topological polar surface area (TPSA) is 34.5 Å². The summed E-state index contributed by atoms with van der Waals surface area (Å²) < 4.78 is 7.55. The van der Waals surface area contributed by atoms with Gasteiger partial charge < -0.3 is 14.2 Å². The lowest BCUT2D eigenvalue weighted by Gasteiger charge is -2.15. The molecule has 2 aromatic rings. The first-order chi connectivity index (χ1) is 9.56. The van der Waals surface area contributed by atoms with Gasteiger partial charge >= 0.3 is 0 Å². The van der Waals surface area contributed by atoms with Gasteiger partial charge in [0.05, 0.1) is 6.20 Å². The molecule has 0 bridgehead atoms. The molecule has 0 saturated carbocycles. The van der Waals surface area contributed by atoms with Crippen LogP contribution in [0.1, 0.15) is 11.3 Å². The first-order valence-corrected chi connectivity index (χ1v) is 6.57. The van der Waals surface area contributed by atoms with Crippen molar-refractivity contribution in [1.82, 2.24) is 9.47 Å². The average Bonchev–Trinajstić information content (AvgIpc) is 2.41. The summed E-state index contributed by atoms with van der Waals surface area (Å²) in [7, 11) is 5.88. The Morgan fingerprint density at radius 1 is 1.20 bits per heavy atom. The molecule has 106 valence electrons. The molecule has 1 aromatic heterocycles. The second-order valence-corrected chi connectivity index (χ2v) is 5.12. The quantitative estimate of drug-likeness (QED) is 0.835. The first-order valence-electron chi connectivity index (χ1n) is 6.57. The van der Waals surface area contributed by atoms with Gasteiger partial charge in [0.15, 0.2) is 5.75 Å². The van der Waals surface area contributed by atoms with E-state index in [1.807, 2.05) is 60.9 Å². The second-order valence-electron chi connectivity index (χ2n) is 5.12. The van der Waals surface area contributed by atoms with Crippen LogP contribution in [0.5, 0.6) is 5.75 Å². The van der Waals surface area contributed by atoms with Crippen molar-refractivity contribution in [3.8, 4) is 5.75 Å². The van der Waals surface area contributed by atoms with Crippen molar-refractivity contribution in [2.45, 2.75) is 13.2 Å². The number of hydrogen-bond acceptors (Lipinski definition) is 3. The lowest BCUT2D eigenvalue weighted by Crippen LogP contribution is -2.19. The number of nitrogens with zero attached hydrogens (tertiary/aromatic N) is 2. The van der Waals surface area contributed by atoms with Crippen molar-refractivity contribution >= 4 is 0 Å². The Balaban J connectivity index is 2.13. The summed E-state index contributed by atoms with van der Waals surface area (Å²) >= 11 is 0. The van der Waals surface area contributed by atoms with Crippen LogP contribution in [0.4, 0.5) is 0 Å². The predicted molar refractivity (Wildman–Crippen MR) is 79.8 cm³/mol. The average molecular weight is 272 g/mol. The fraction of sp³-hybridized carbons (Fsp3) is 0.312. The molecule has 0 aliphatic rings. The Labute approximate surface area is 119 Å². The maximum atomic E-state index is 12.0. The number of ether oxygens (including phenoxy) is 1. The number of pyridine rings is 1. The van der Waals surface area contributed by atoms with Gasteiger partial charge in [-0.3, -0.25) is 4.79 Å². The third kappa shape index (κ3) is 3.71. The monoisotopic (exact) mass is 272 g/mol. The fourth-order valence-corrected chi connectivity index (χ4v) is 1.97. The van der Waals surface area contributed by atoms with Crippen LogP contribution in [0.2, 0.25) is 0 Å². The minimum atomic E-state index is -0.0733. The molecule has 1 heterocycles. The van der Waals surface area contributed by atoms with Crippen molar-refractivity contribution in [2.75, 3.05) is 14.1 Å². The predicted octanol–water partition coefficient (Wildman–Crippen LogP) is 2.03. The molecule has 0 N–H and O–H groups in total. The highest BCUT2D eigenvalue weighted by Gasteiger charge is 2.06. The number of rotatable bonds is 5. The molecule has 0 aliphatic heterocycles. The van der Waals surface area contributed by atoms with Crippen molar-refractivity contribution in [2.24, 2.45) is 7.05 Å². The van der Waals surface area contributed by atoms with Crippen molar-refractivity contribution < 1.29 is 4.74 Å². The summed E-state index contributed by atoms with van der Waals surface area (Å²) in [5.41, 5.74) is 1.94. The van der Waals surface area contributed by atoms with Crippen molar-refractivity contribution in [3.63, 3.8) is 0 Å². The molecular formula is C16H20N2O2. The molecule has 0 atom stereocenters. The van der Waals surface area contributed by atoms with Crippen LogP contribution < -0.4 is 10.2 Å². The van der Waals surface area contributed by atoms with E-state index in [1.165, 1.54) is 0 Å². The van der Waals surface area contributed by atoms with E-state index in [0.29, 0.717) is 12.4 Å². The molecule has 0 unspecified atom stereocenters. The zero-order chi connectivity index (χ0) is 14.5. The van der Waals surface area contributed by atoms with Gasteiger partial charge in [0.2, 0.25) is 5.43 Å². The summed E-state index contributed by atoms with van der Waals surface area (Å²) in [5, 5.41) is 0. The van der Waals surface area contributed by atoms with Gasteiger partial charge in [-0.2, -0.15) is 0 Å². The number of hydrogen-bond donors (Lipinski definition) is 0. The maximum Gasteiger partial charge on any atom is 0.223 e. The molecule has 0 amide bonds. The van der Waals surface area contributed by atoms with Gasteiger partial charge in [0.1, 0.15) is 6.61 Å². The second kappa shape index (κ2) is 6.39. The molecule has 0 fully saturated rings. The molecule has 0 saturated heterocycles. The van der Waals surface area contributed by atoms with Gasteiger partial charge in [-0.05, 0) is 19.7 Å². The Bertz CT molecular complexity index is 618. The molecular weight excluding hydrogens is 252 g/mol. The molecule has 0 aliphatic carbocycles. The number of benzene rings is 1. The summed E-state index contributed by atoms with van der Waals surface area (Å²) in [4.78, 5) is 14.1. The highest BCUT2D eigenvalue weighted by atomic mass is 16.5. The van der Waals surface area contributed by atoms with Crippen LogP contribution in [-0.2, 0) is 20.2 Å². The van der Waals surface area contributed by atoms with Crippen LogP contribution in [0.25, 0.3) is 0 Å². The Kier molecular flexibility index (Phi) is 4.58. The van der Waals surface area contributed by atoms with E-state index in [-0.39, 0.29) is 5.43 Å². The van der Waals surface area contributed by atoms with Crippen LogP contribution >= 0.6 is 0 Å². The van der Waals surface area contributed by atoms with Crippen LogP contribution in [0.3, 0.4) is 0 Å². The SMILES string of the molecule is CN(C)Cc1cc(=O)c(OCc2ccccc2)cn1C. The van der Waals surface area contributed by atoms with E-state index < -0.39 is 0 Å². The first kappa shape index (κ1) is 14.3. The molecule has 0 radical (unpaired) electrons. The zero-order valence-electron chi connectivity index (χ0n) is 12.2. The van der Waals surface area contributed by atoms with Crippen LogP contribution in [-0.4, -0.2) is 23.6 Å². The lowest BCUT2D eigenvalue weighted by atomic mass is 10.2. The minimum Gasteiger partial charge on any atom is -0.483 e. The third-order valence-corrected chi connectivity index (χ3v) is 3.02. The largest absolute Gasteiger partial charge is 0.483 e. The Morgan fingerprint density at radius 3 is 2.55 bits per heavy atom. The van der Waals surface area contributed by atoms with Gasteiger partial charge in [0.25, 0.3) is 0 Å². The number of aromatic nitrogens is 1. The Hall–Kier alpha value is -2.07. The van der Waals surface area contributed by atoms with Gasteiger partial charge in [0, 0.05) is 25.4 Å². The van der Waals surface area contributed by atoms with E-state index in [9.17, 15) is 4.79 Å². The minimum absolute atomic E-state index is 0.0733. The van der Waals surface area contributed by atoms with E-state index >= 15 is 0 Å². The highest BCUT2D eigenvalue weighted by molar-refractivity contribution is 5.23. The molecule has 4 nitrogen and oxygen atoms in total. The molecule has 1 aromatic carbocycles. The fourth-order valence-electron chi connectivity index (χ4n) is 1.97. The van der Waals surface area contributed by atoms with Crippen molar-refractivity contribution in [3.05, 3.63) is 64.1 Å². The number of aryl methyl sites for hydroxylation is 1. The van der Waals surface area contributed by atoms with E-state index in [4.69, 9.17) is 4.74 Å². The molecule has 0 spiro atoms. The molecule has 2 rings (SSSR count). The highest BCUT2D eigenvalue weighted by Crippen LogP contribution is 2.09. The summed E-state index contributed by atoms with van der Waals surface area (Å²) in [6, 6.07) is 11.5. The lowest BCUT2D eigenvalue weighted by molar-refractivity contribution is 0.299. The van der Waals surface area contributed by atoms with E-state index in [1.54, 1.807) is 12.3 Å².